The molecule has 0 aliphatic carbocycles. The summed E-state index contributed by atoms with van der Waals surface area (Å²) in [5.74, 6) is -0.963. The Bertz CT molecular complexity index is 216. The fourth-order valence-corrected chi connectivity index (χ4v) is 1.56. The van der Waals surface area contributed by atoms with Crippen LogP contribution in [0.5, 0.6) is 0 Å². The third-order valence-electron chi connectivity index (χ3n) is 2.60. The second-order valence-corrected chi connectivity index (χ2v) is 3.87. The highest BCUT2D eigenvalue weighted by Crippen LogP contribution is 2.25. The van der Waals surface area contributed by atoms with Crippen LogP contribution in [0.15, 0.2) is 0 Å². The first-order valence-corrected chi connectivity index (χ1v) is 4.18. The standard InChI is InChI=1S/C8H15NO4/c1-8(13)3-5(7(11)12)9(2)4-6(8)10/h5-6,10,13H,3-4H2,1-2H3,(H,11,12). The minimum absolute atomic E-state index is 0.0556. The molecule has 1 saturated heterocycles. The molecule has 0 aromatic rings. The van der Waals surface area contributed by atoms with Crippen molar-refractivity contribution in [3.05, 3.63) is 0 Å². The third-order valence-corrected chi connectivity index (χ3v) is 2.60. The number of carboxylic acids is 1. The van der Waals surface area contributed by atoms with Gasteiger partial charge in [0.2, 0.25) is 0 Å². The Morgan fingerprint density at radius 3 is 2.62 bits per heavy atom. The lowest BCUT2D eigenvalue weighted by atomic mass is 9.86. The van der Waals surface area contributed by atoms with Crippen LogP contribution in [0.4, 0.5) is 0 Å². The maximum Gasteiger partial charge on any atom is 0.321 e. The number of aliphatic hydroxyl groups is 2. The predicted molar refractivity (Wildman–Crippen MR) is 45.3 cm³/mol. The maximum absolute atomic E-state index is 10.7. The summed E-state index contributed by atoms with van der Waals surface area (Å²) in [6.45, 7) is 1.64. The van der Waals surface area contributed by atoms with Crippen LogP contribution in [0.1, 0.15) is 13.3 Å². The number of piperidine rings is 1. The smallest absolute Gasteiger partial charge is 0.321 e. The van der Waals surface area contributed by atoms with E-state index >= 15 is 0 Å². The Hall–Kier alpha value is -0.650. The summed E-state index contributed by atoms with van der Waals surface area (Å²) >= 11 is 0. The summed E-state index contributed by atoms with van der Waals surface area (Å²) in [6.07, 6.45) is -0.826. The number of carbonyl (C=O) groups is 1. The molecule has 13 heavy (non-hydrogen) atoms. The average molecular weight is 189 g/mol. The molecule has 5 nitrogen and oxygen atoms in total. The summed E-state index contributed by atoms with van der Waals surface area (Å²) < 4.78 is 0. The molecule has 0 aromatic heterocycles. The van der Waals surface area contributed by atoms with Crippen LogP contribution in [0.2, 0.25) is 0 Å². The topological polar surface area (TPSA) is 81.0 Å². The first kappa shape index (κ1) is 10.4. The lowest BCUT2D eigenvalue weighted by Gasteiger charge is -2.41. The predicted octanol–water partition coefficient (Wildman–Crippen LogP) is -1.11. The summed E-state index contributed by atoms with van der Waals surface area (Å²) in [7, 11) is 1.62. The van der Waals surface area contributed by atoms with E-state index in [4.69, 9.17) is 5.11 Å². The highest BCUT2D eigenvalue weighted by atomic mass is 16.4. The zero-order valence-electron chi connectivity index (χ0n) is 7.77. The Labute approximate surface area is 76.6 Å². The van der Waals surface area contributed by atoms with Crippen LogP contribution < -0.4 is 0 Å². The Balaban J connectivity index is 2.76. The first-order valence-electron chi connectivity index (χ1n) is 4.18. The Kier molecular flexibility index (Phi) is 2.61. The quantitative estimate of drug-likeness (QED) is 0.487. The first-order chi connectivity index (χ1) is 5.84. The van der Waals surface area contributed by atoms with Crippen molar-refractivity contribution >= 4 is 5.97 Å². The van der Waals surface area contributed by atoms with Crippen molar-refractivity contribution in [3.8, 4) is 0 Å². The number of likely N-dealkylation sites (tertiary alicyclic amines) is 1. The van der Waals surface area contributed by atoms with Gasteiger partial charge in [0.25, 0.3) is 0 Å². The highest BCUT2D eigenvalue weighted by Gasteiger charge is 2.43. The van der Waals surface area contributed by atoms with Gasteiger partial charge >= 0.3 is 5.97 Å². The second kappa shape index (κ2) is 3.25. The zero-order chi connectivity index (χ0) is 10.2. The van der Waals surface area contributed by atoms with Gasteiger partial charge in [-0.25, -0.2) is 0 Å². The van der Waals surface area contributed by atoms with Crippen molar-refractivity contribution in [2.24, 2.45) is 0 Å². The summed E-state index contributed by atoms with van der Waals surface area (Å²) in [6, 6.07) is -0.710. The van der Waals surface area contributed by atoms with Gasteiger partial charge in [0, 0.05) is 13.0 Å². The van der Waals surface area contributed by atoms with Crippen LogP contribution in [-0.2, 0) is 4.79 Å². The Morgan fingerprint density at radius 2 is 2.15 bits per heavy atom. The molecule has 0 amide bonds. The van der Waals surface area contributed by atoms with Crippen LogP contribution >= 0.6 is 0 Å². The molecule has 1 aliphatic heterocycles. The number of rotatable bonds is 1. The molecule has 76 valence electrons. The van der Waals surface area contributed by atoms with E-state index in [0.29, 0.717) is 0 Å². The van der Waals surface area contributed by atoms with Gasteiger partial charge < -0.3 is 15.3 Å². The minimum Gasteiger partial charge on any atom is -0.480 e. The summed E-state index contributed by atoms with van der Waals surface area (Å²) in [5, 5.41) is 27.9. The second-order valence-electron chi connectivity index (χ2n) is 3.87. The molecular formula is C8H15NO4. The molecule has 0 saturated carbocycles. The summed E-state index contributed by atoms with van der Waals surface area (Å²) in [5.41, 5.74) is -1.30. The van der Waals surface area contributed by atoms with E-state index in [1.54, 1.807) is 7.05 Å². The molecule has 0 spiro atoms. The van der Waals surface area contributed by atoms with Crippen LogP contribution in [0, 0.1) is 0 Å². The van der Waals surface area contributed by atoms with Crippen molar-refractivity contribution in [2.45, 2.75) is 31.1 Å². The van der Waals surface area contributed by atoms with Crippen molar-refractivity contribution in [3.63, 3.8) is 0 Å². The number of aliphatic carboxylic acids is 1. The molecule has 3 unspecified atom stereocenters. The maximum atomic E-state index is 10.7. The van der Waals surface area contributed by atoms with Gasteiger partial charge in [0.15, 0.2) is 0 Å². The van der Waals surface area contributed by atoms with E-state index in [-0.39, 0.29) is 13.0 Å². The zero-order valence-corrected chi connectivity index (χ0v) is 7.77. The fraction of sp³-hybridized carbons (Fsp3) is 0.875. The van der Waals surface area contributed by atoms with Crippen molar-refractivity contribution in [1.82, 2.24) is 4.90 Å². The number of likely N-dealkylation sites (N-methyl/N-ethyl adjacent to an activating group) is 1. The van der Waals surface area contributed by atoms with Gasteiger partial charge in [-0.05, 0) is 14.0 Å². The average Bonchev–Trinajstić information content (AvgIpc) is 1.97. The number of hydrogen-bond donors (Lipinski definition) is 3. The molecule has 0 aromatic carbocycles. The molecular weight excluding hydrogens is 174 g/mol. The third kappa shape index (κ3) is 1.99. The van der Waals surface area contributed by atoms with Gasteiger partial charge in [-0.15, -0.1) is 0 Å². The van der Waals surface area contributed by atoms with Gasteiger partial charge in [-0.1, -0.05) is 0 Å². The molecule has 3 N–H and O–H groups in total. The summed E-state index contributed by atoms with van der Waals surface area (Å²) in [4.78, 5) is 12.3. The van der Waals surface area contributed by atoms with Crippen molar-refractivity contribution < 1.29 is 20.1 Å². The lowest BCUT2D eigenvalue weighted by molar-refractivity contribution is -0.159. The van der Waals surface area contributed by atoms with Gasteiger partial charge in [0.1, 0.15) is 6.04 Å². The number of nitrogens with zero attached hydrogens (tertiary/aromatic N) is 1. The minimum atomic E-state index is -1.30. The van der Waals surface area contributed by atoms with E-state index in [2.05, 4.69) is 0 Å². The van der Waals surface area contributed by atoms with Crippen LogP contribution in [0.25, 0.3) is 0 Å². The number of β-amino-alcohol motifs (C(OH)–C–C–N with tert-alkyl or cyclic N) is 1. The van der Waals surface area contributed by atoms with E-state index in [1.165, 1.54) is 11.8 Å². The van der Waals surface area contributed by atoms with E-state index in [1.807, 2.05) is 0 Å². The van der Waals surface area contributed by atoms with E-state index in [0.717, 1.165) is 0 Å². The lowest BCUT2D eigenvalue weighted by Crippen LogP contribution is -2.59. The number of hydrogen-bond acceptors (Lipinski definition) is 4. The number of aliphatic hydroxyl groups excluding tert-OH is 1. The number of carboxylic acid groups (broad SMARTS) is 1. The van der Waals surface area contributed by atoms with Crippen molar-refractivity contribution in [2.75, 3.05) is 13.6 Å². The molecule has 0 bridgehead atoms. The molecule has 1 rings (SSSR count). The molecule has 0 radical (unpaired) electrons. The Morgan fingerprint density at radius 1 is 1.62 bits per heavy atom. The molecule has 1 aliphatic rings. The van der Waals surface area contributed by atoms with Gasteiger partial charge in [-0.2, -0.15) is 0 Å². The van der Waals surface area contributed by atoms with Gasteiger partial charge in [-0.3, -0.25) is 9.69 Å². The van der Waals surface area contributed by atoms with E-state index in [9.17, 15) is 15.0 Å². The normalized spacial score (nSPS) is 41.8. The monoisotopic (exact) mass is 189 g/mol. The van der Waals surface area contributed by atoms with Gasteiger partial charge in [0.05, 0.1) is 11.7 Å². The van der Waals surface area contributed by atoms with Crippen molar-refractivity contribution in [1.29, 1.82) is 0 Å². The molecule has 5 heteroatoms. The molecule has 1 fully saturated rings. The largest absolute Gasteiger partial charge is 0.480 e. The molecule has 3 atom stereocenters. The van der Waals surface area contributed by atoms with Crippen LogP contribution in [-0.4, -0.2) is 57.5 Å². The van der Waals surface area contributed by atoms with Crippen LogP contribution in [0.3, 0.4) is 0 Å². The van der Waals surface area contributed by atoms with E-state index < -0.39 is 23.7 Å². The highest BCUT2D eigenvalue weighted by molar-refractivity contribution is 5.73. The SMILES string of the molecule is CN1CC(O)C(C)(O)CC1C(=O)O. The fourth-order valence-electron chi connectivity index (χ4n) is 1.56. The molecule has 1 heterocycles.